The van der Waals surface area contributed by atoms with Crippen molar-refractivity contribution >= 4 is 40.7 Å². The number of fused-ring (bicyclic) bond motifs is 1. The highest BCUT2D eigenvalue weighted by atomic mass is 35.5. The van der Waals surface area contributed by atoms with Crippen molar-refractivity contribution in [2.45, 2.75) is 18.4 Å². The van der Waals surface area contributed by atoms with E-state index in [-0.39, 0.29) is 6.61 Å². The normalized spacial score (nSPS) is 14.5. The van der Waals surface area contributed by atoms with Crippen LogP contribution in [0.1, 0.15) is 38.3 Å². The smallest absolute Gasteiger partial charge is 0.307 e. The Bertz CT molecular complexity index is 1120. The van der Waals surface area contributed by atoms with Crippen molar-refractivity contribution in [2.24, 2.45) is 0 Å². The second-order valence-electron chi connectivity index (χ2n) is 7.05. The van der Waals surface area contributed by atoms with Gasteiger partial charge < -0.3 is 4.74 Å². The fourth-order valence-electron chi connectivity index (χ4n) is 3.75. The number of hydrogen-bond donors (Lipinski definition) is 0. The summed E-state index contributed by atoms with van der Waals surface area (Å²) in [6.45, 7) is -0.0883. The van der Waals surface area contributed by atoms with Crippen LogP contribution in [-0.2, 0) is 21.6 Å². The van der Waals surface area contributed by atoms with Crippen molar-refractivity contribution < 1.29 is 19.1 Å². The van der Waals surface area contributed by atoms with E-state index in [1.807, 2.05) is 0 Å². The number of carbonyl (C=O) groups excluding carboxylic acids is 3. The fraction of sp³-hybridized carbons (Fsp3) is 0.125. The van der Waals surface area contributed by atoms with Gasteiger partial charge in [-0.2, -0.15) is 0 Å². The lowest BCUT2D eigenvalue weighted by atomic mass is 9.73. The number of ketones is 2. The molecule has 3 aromatic rings. The van der Waals surface area contributed by atoms with E-state index in [1.54, 1.807) is 72.8 Å². The molecule has 0 aromatic heterocycles. The molecule has 0 saturated heterocycles. The van der Waals surface area contributed by atoms with Crippen molar-refractivity contribution in [1.82, 2.24) is 0 Å². The first kappa shape index (κ1) is 20.3. The summed E-state index contributed by atoms with van der Waals surface area (Å²) in [7, 11) is 0. The van der Waals surface area contributed by atoms with Crippen LogP contribution in [0.25, 0.3) is 0 Å². The van der Waals surface area contributed by atoms with Gasteiger partial charge >= 0.3 is 5.97 Å². The SMILES string of the molecule is O=C(CC1(c2ccccc2)C(=O)c2ccccc2C1=O)OCc1ccc(Cl)cc1Cl. The summed E-state index contributed by atoms with van der Waals surface area (Å²) in [6, 6.07) is 20.1. The minimum atomic E-state index is -1.63. The summed E-state index contributed by atoms with van der Waals surface area (Å²) in [5, 5.41) is 0.839. The molecule has 1 aliphatic carbocycles. The molecule has 0 unspecified atom stereocenters. The van der Waals surface area contributed by atoms with Gasteiger partial charge in [0.25, 0.3) is 0 Å². The van der Waals surface area contributed by atoms with Gasteiger partial charge in [-0.1, -0.05) is 83.9 Å². The molecule has 150 valence electrons. The van der Waals surface area contributed by atoms with Gasteiger partial charge in [-0.3, -0.25) is 14.4 Å². The maximum Gasteiger partial charge on any atom is 0.307 e. The standard InChI is InChI=1S/C24H16Cl2O4/c25-17-11-10-15(20(26)12-17)14-30-21(27)13-24(16-6-2-1-3-7-16)22(28)18-8-4-5-9-19(18)23(24)29/h1-12H,13-14H2. The van der Waals surface area contributed by atoms with Crippen LogP contribution in [0, 0.1) is 0 Å². The van der Waals surface area contributed by atoms with Crippen LogP contribution in [0.2, 0.25) is 10.0 Å². The van der Waals surface area contributed by atoms with Gasteiger partial charge in [-0.05, 0) is 17.7 Å². The van der Waals surface area contributed by atoms with Gasteiger partial charge in [0.05, 0.1) is 6.42 Å². The average Bonchev–Trinajstić information content (AvgIpc) is 2.96. The Hall–Kier alpha value is -2.95. The molecule has 0 saturated carbocycles. The highest BCUT2D eigenvalue weighted by Gasteiger charge is 2.55. The summed E-state index contributed by atoms with van der Waals surface area (Å²) >= 11 is 12.0. The molecule has 0 heterocycles. The highest BCUT2D eigenvalue weighted by molar-refractivity contribution is 6.35. The maximum absolute atomic E-state index is 13.4. The Morgan fingerprint density at radius 2 is 1.43 bits per heavy atom. The second-order valence-corrected chi connectivity index (χ2v) is 7.89. The highest BCUT2D eigenvalue weighted by Crippen LogP contribution is 2.42. The van der Waals surface area contributed by atoms with Gasteiger partial charge in [-0.25, -0.2) is 0 Å². The molecule has 1 aliphatic rings. The minimum Gasteiger partial charge on any atom is -0.461 e. The molecule has 0 amide bonds. The number of esters is 1. The molecular formula is C24H16Cl2O4. The molecule has 30 heavy (non-hydrogen) atoms. The van der Waals surface area contributed by atoms with Crippen molar-refractivity contribution in [3.05, 3.63) is 105 Å². The lowest BCUT2D eigenvalue weighted by Gasteiger charge is -2.25. The molecule has 0 bridgehead atoms. The lowest BCUT2D eigenvalue weighted by molar-refractivity contribution is -0.145. The van der Waals surface area contributed by atoms with Gasteiger partial charge in [0.1, 0.15) is 12.0 Å². The molecule has 4 nitrogen and oxygen atoms in total. The van der Waals surface area contributed by atoms with E-state index in [9.17, 15) is 14.4 Å². The van der Waals surface area contributed by atoms with Gasteiger partial charge in [0, 0.05) is 26.7 Å². The van der Waals surface area contributed by atoms with Crippen LogP contribution in [-0.4, -0.2) is 17.5 Å². The van der Waals surface area contributed by atoms with Crippen molar-refractivity contribution in [3.63, 3.8) is 0 Å². The maximum atomic E-state index is 13.4. The van der Waals surface area contributed by atoms with Crippen LogP contribution in [0.15, 0.2) is 72.8 Å². The summed E-state index contributed by atoms with van der Waals surface area (Å²) in [5.41, 5.74) is 0.0549. The van der Waals surface area contributed by atoms with Crippen LogP contribution < -0.4 is 0 Å². The largest absolute Gasteiger partial charge is 0.461 e. The molecule has 0 spiro atoms. The van der Waals surface area contributed by atoms with Gasteiger partial charge in [-0.15, -0.1) is 0 Å². The van der Waals surface area contributed by atoms with E-state index < -0.39 is 29.4 Å². The third-order valence-electron chi connectivity index (χ3n) is 5.27. The summed E-state index contributed by atoms with van der Waals surface area (Å²) in [5.74, 6) is -1.45. The van der Waals surface area contributed by atoms with Crippen molar-refractivity contribution in [2.75, 3.05) is 0 Å². The Morgan fingerprint density at radius 3 is 2.03 bits per heavy atom. The van der Waals surface area contributed by atoms with E-state index in [2.05, 4.69) is 0 Å². The quantitative estimate of drug-likeness (QED) is 0.392. The zero-order valence-corrected chi connectivity index (χ0v) is 17.2. The van der Waals surface area contributed by atoms with E-state index in [4.69, 9.17) is 27.9 Å². The Morgan fingerprint density at radius 1 is 0.833 bits per heavy atom. The Kier molecular flexibility index (Phi) is 5.46. The van der Waals surface area contributed by atoms with Crippen LogP contribution in [0.3, 0.4) is 0 Å². The summed E-state index contributed by atoms with van der Waals surface area (Å²) in [4.78, 5) is 39.5. The zero-order valence-electron chi connectivity index (χ0n) is 15.7. The third kappa shape index (κ3) is 3.42. The predicted molar refractivity (Wildman–Crippen MR) is 114 cm³/mol. The number of rotatable bonds is 5. The number of hydrogen-bond acceptors (Lipinski definition) is 4. The first-order valence-electron chi connectivity index (χ1n) is 9.27. The molecule has 4 rings (SSSR count). The molecule has 0 atom stereocenters. The molecule has 6 heteroatoms. The molecule has 0 aliphatic heterocycles. The van der Waals surface area contributed by atoms with Gasteiger partial charge in [0.15, 0.2) is 11.6 Å². The van der Waals surface area contributed by atoms with E-state index in [0.717, 1.165) is 0 Å². The fourth-order valence-corrected chi connectivity index (χ4v) is 4.22. The first-order valence-corrected chi connectivity index (χ1v) is 10.0. The van der Waals surface area contributed by atoms with Crippen LogP contribution in [0.5, 0.6) is 0 Å². The predicted octanol–water partition coefficient (Wildman–Crippen LogP) is 5.44. The number of Topliss-reactive ketones (excluding diaryl/α,β-unsaturated/α-hetero) is 2. The Labute approximate surface area is 183 Å². The number of halogens is 2. The van der Waals surface area contributed by atoms with E-state index >= 15 is 0 Å². The third-order valence-corrected chi connectivity index (χ3v) is 5.86. The van der Waals surface area contributed by atoms with Crippen molar-refractivity contribution in [3.8, 4) is 0 Å². The average molecular weight is 439 g/mol. The van der Waals surface area contributed by atoms with Gasteiger partial charge in [0.2, 0.25) is 0 Å². The van der Waals surface area contributed by atoms with Crippen molar-refractivity contribution in [1.29, 1.82) is 0 Å². The summed E-state index contributed by atoms with van der Waals surface area (Å²) < 4.78 is 5.38. The molecular weight excluding hydrogens is 423 g/mol. The second kappa shape index (κ2) is 8.05. The number of benzene rings is 3. The zero-order chi connectivity index (χ0) is 21.3. The minimum absolute atomic E-state index is 0.0883. The monoisotopic (exact) mass is 438 g/mol. The summed E-state index contributed by atoms with van der Waals surface area (Å²) in [6.07, 6.45) is -0.394. The topological polar surface area (TPSA) is 60.4 Å². The van der Waals surface area contributed by atoms with Crippen LogP contribution in [0.4, 0.5) is 0 Å². The van der Waals surface area contributed by atoms with E-state index in [0.29, 0.717) is 32.3 Å². The van der Waals surface area contributed by atoms with Crippen LogP contribution >= 0.6 is 23.2 Å². The lowest BCUT2D eigenvalue weighted by Crippen LogP contribution is -2.41. The Balaban J connectivity index is 1.65. The molecule has 0 fully saturated rings. The number of ether oxygens (including phenoxy) is 1. The first-order chi connectivity index (χ1) is 14.4. The molecule has 0 radical (unpaired) electrons. The molecule has 0 N–H and O–H groups in total. The number of carbonyl (C=O) groups is 3. The molecule has 3 aromatic carbocycles. The van der Waals surface area contributed by atoms with E-state index in [1.165, 1.54) is 0 Å².